The van der Waals surface area contributed by atoms with Gasteiger partial charge >= 0.3 is 13.1 Å². The fraction of sp³-hybridized carbons (Fsp3) is 0.522. The van der Waals surface area contributed by atoms with E-state index in [1.54, 1.807) is 12.3 Å². The van der Waals surface area contributed by atoms with Crippen LogP contribution in [0.1, 0.15) is 55.5 Å². The Labute approximate surface area is 199 Å². The Morgan fingerprint density at radius 2 is 1.94 bits per heavy atom. The number of aryl methyl sites for hydroxylation is 1. The molecule has 1 saturated heterocycles. The second kappa shape index (κ2) is 9.87. The van der Waals surface area contributed by atoms with E-state index in [1.807, 2.05) is 13.0 Å². The molecule has 0 bridgehead atoms. The minimum Gasteiger partial charge on any atom is -0.465 e. The minimum absolute atomic E-state index is 0.0759. The zero-order valence-corrected chi connectivity index (χ0v) is 20.3. The van der Waals surface area contributed by atoms with Crippen LogP contribution < -0.4 is 16.1 Å². The number of carbonyl (C=O) groups excluding carboxylic acids is 1. The van der Waals surface area contributed by atoms with E-state index in [1.165, 1.54) is 20.0 Å². The smallest absolute Gasteiger partial charge is 0.465 e. The highest BCUT2D eigenvalue weighted by Crippen LogP contribution is 2.28. The number of nitrogens with one attached hydrogen (secondary N) is 2. The van der Waals surface area contributed by atoms with Crippen molar-refractivity contribution >= 4 is 47.6 Å². The van der Waals surface area contributed by atoms with Gasteiger partial charge in [-0.15, -0.1) is 0 Å². The Bertz CT molecular complexity index is 1020. The van der Waals surface area contributed by atoms with E-state index in [4.69, 9.17) is 25.6 Å². The normalized spacial score (nSPS) is 18.3. The van der Waals surface area contributed by atoms with Gasteiger partial charge in [0.2, 0.25) is 5.95 Å². The number of benzene rings is 1. The Balaban J connectivity index is 1.60. The molecule has 4 rings (SSSR count). The largest absolute Gasteiger partial charge is 0.495 e. The molecular weight excluding hydrogens is 443 g/mol. The Kier molecular flexibility index (Phi) is 7.12. The molecule has 176 valence electrons. The van der Waals surface area contributed by atoms with E-state index in [-0.39, 0.29) is 5.41 Å². The summed E-state index contributed by atoms with van der Waals surface area (Å²) in [6.45, 7) is 7.13. The quantitative estimate of drug-likeness (QED) is 0.479. The van der Waals surface area contributed by atoms with Crippen molar-refractivity contribution < 1.29 is 18.8 Å². The highest BCUT2D eigenvalue weighted by atomic mass is 35.5. The van der Waals surface area contributed by atoms with Crippen LogP contribution in [0.25, 0.3) is 0 Å². The zero-order chi connectivity index (χ0) is 23.6. The number of carbonyl (C=O) groups is 1. The first kappa shape index (κ1) is 23.8. The van der Waals surface area contributed by atoms with Gasteiger partial charge in [-0.05, 0) is 42.9 Å². The molecule has 8 nitrogen and oxygen atoms in total. The van der Waals surface area contributed by atoms with E-state index in [0.717, 1.165) is 18.4 Å². The molecule has 2 N–H and O–H groups in total. The summed E-state index contributed by atoms with van der Waals surface area (Å²) in [7, 11) is 0.728. The van der Waals surface area contributed by atoms with Crippen LogP contribution in [0.3, 0.4) is 0 Å². The molecule has 10 heteroatoms. The predicted molar refractivity (Wildman–Crippen MR) is 130 cm³/mol. The van der Waals surface area contributed by atoms with Gasteiger partial charge in [-0.25, -0.2) is 9.78 Å². The number of rotatable bonds is 6. The van der Waals surface area contributed by atoms with Gasteiger partial charge in [0.05, 0.1) is 18.9 Å². The third kappa shape index (κ3) is 5.59. The van der Waals surface area contributed by atoms with Gasteiger partial charge in [-0.3, -0.25) is 0 Å². The molecule has 0 atom stereocenters. The van der Waals surface area contributed by atoms with Crippen molar-refractivity contribution in [1.29, 1.82) is 0 Å². The fourth-order valence-corrected chi connectivity index (χ4v) is 4.39. The van der Waals surface area contributed by atoms with E-state index >= 15 is 0 Å². The second-order valence-corrected chi connectivity index (χ2v) is 9.91. The molecule has 1 aromatic carbocycles. The standard InChI is InChI=1S/C23H30BClN4O4/c1-14-9-16(28-22-26-11-18(25)20(29-22)27-15-7-5-6-8-15)10-17(21(30)31-4)19(14)24-32-12-23(2,3)13-33-24/h9-11,15H,5-8,12-13H2,1-4H3,(H2,26,27,28,29). The van der Waals surface area contributed by atoms with Crippen molar-refractivity contribution in [2.45, 2.75) is 52.5 Å². The summed E-state index contributed by atoms with van der Waals surface area (Å²) in [5.41, 5.74) is 2.46. The van der Waals surface area contributed by atoms with Crippen LogP contribution in [0.4, 0.5) is 17.5 Å². The minimum atomic E-state index is -0.629. The molecule has 2 fully saturated rings. The van der Waals surface area contributed by atoms with Crippen LogP contribution in [0.15, 0.2) is 18.3 Å². The van der Waals surface area contributed by atoms with Crippen LogP contribution in [0, 0.1) is 12.3 Å². The average molecular weight is 473 g/mol. The lowest BCUT2D eigenvalue weighted by Crippen LogP contribution is -2.50. The third-order valence-electron chi connectivity index (χ3n) is 5.98. The molecule has 1 aliphatic carbocycles. The Hall–Kier alpha value is -2.36. The summed E-state index contributed by atoms with van der Waals surface area (Å²) in [5.74, 6) is 0.526. The van der Waals surface area contributed by atoms with E-state index in [2.05, 4.69) is 34.4 Å². The summed E-state index contributed by atoms with van der Waals surface area (Å²) in [6, 6.07) is 4.00. The van der Waals surface area contributed by atoms with Crippen molar-refractivity contribution in [3.8, 4) is 0 Å². The van der Waals surface area contributed by atoms with E-state index in [0.29, 0.717) is 52.8 Å². The molecule has 2 aliphatic rings. The number of methoxy groups -OCH3 is 1. The predicted octanol–water partition coefficient (Wildman–Crippen LogP) is 4.09. The SMILES string of the molecule is COC(=O)c1cc(Nc2ncc(Cl)c(NC3CCCC3)n2)cc(C)c1B1OCC(C)(C)CO1. The maximum Gasteiger partial charge on any atom is 0.495 e. The summed E-state index contributed by atoms with van der Waals surface area (Å²) < 4.78 is 16.9. The summed E-state index contributed by atoms with van der Waals surface area (Å²) >= 11 is 6.31. The summed E-state index contributed by atoms with van der Waals surface area (Å²) in [5, 5.41) is 7.08. The first-order valence-corrected chi connectivity index (χ1v) is 11.7. The van der Waals surface area contributed by atoms with Crippen molar-refractivity contribution in [3.05, 3.63) is 34.5 Å². The molecule has 0 amide bonds. The lowest BCUT2D eigenvalue weighted by molar-refractivity contribution is 0.0339. The maximum atomic E-state index is 12.6. The molecule has 0 spiro atoms. The molecule has 1 aliphatic heterocycles. The van der Waals surface area contributed by atoms with Crippen LogP contribution in [0.2, 0.25) is 5.02 Å². The lowest BCUT2D eigenvalue weighted by atomic mass is 9.71. The maximum absolute atomic E-state index is 12.6. The molecule has 0 unspecified atom stereocenters. The van der Waals surface area contributed by atoms with E-state index in [9.17, 15) is 4.79 Å². The van der Waals surface area contributed by atoms with Crippen LogP contribution in [-0.2, 0) is 14.0 Å². The van der Waals surface area contributed by atoms with E-state index < -0.39 is 13.1 Å². The van der Waals surface area contributed by atoms with Crippen LogP contribution >= 0.6 is 11.6 Å². The van der Waals surface area contributed by atoms with Crippen LogP contribution in [-0.4, -0.2) is 49.4 Å². The highest BCUT2D eigenvalue weighted by Gasteiger charge is 2.37. The number of aromatic nitrogens is 2. The summed E-state index contributed by atoms with van der Waals surface area (Å²) in [6.07, 6.45) is 6.20. The number of nitrogens with zero attached hydrogens (tertiary/aromatic N) is 2. The molecule has 2 heterocycles. The van der Waals surface area contributed by atoms with Crippen molar-refractivity contribution in [1.82, 2.24) is 9.97 Å². The molecule has 33 heavy (non-hydrogen) atoms. The van der Waals surface area contributed by atoms with Gasteiger partial charge < -0.3 is 24.7 Å². The number of anilines is 3. The number of hydrogen-bond acceptors (Lipinski definition) is 8. The fourth-order valence-electron chi connectivity index (χ4n) is 4.24. The molecule has 0 radical (unpaired) electrons. The zero-order valence-electron chi connectivity index (χ0n) is 19.5. The van der Waals surface area contributed by atoms with Gasteiger partial charge in [0.15, 0.2) is 5.82 Å². The molecule has 2 aromatic rings. The first-order chi connectivity index (χ1) is 15.8. The molecule has 1 aromatic heterocycles. The molecule has 1 saturated carbocycles. The first-order valence-electron chi connectivity index (χ1n) is 11.3. The number of hydrogen-bond donors (Lipinski definition) is 2. The monoisotopic (exact) mass is 472 g/mol. The number of esters is 1. The van der Waals surface area contributed by atoms with Gasteiger partial charge in [0, 0.05) is 30.4 Å². The van der Waals surface area contributed by atoms with Gasteiger partial charge in [0.1, 0.15) is 5.02 Å². The summed E-state index contributed by atoms with van der Waals surface area (Å²) in [4.78, 5) is 21.5. The lowest BCUT2D eigenvalue weighted by Gasteiger charge is -2.34. The van der Waals surface area contributed by atoms with Gasteiger partial charge in [-0.2, -0.15) is 4.98 Å². The van der Waals surface area contributed by atoms with Crippen molar-refractivity contribution in [2.24, 2.45) is 5.41 Å². The third-order valence-corrected chi connectivity index (χ3v) is 6.25. The van der Waals surface area contributed by atoms with Crippen molar-refractivity contribution in [3.63, 3.8) is 0 Å². The van der Waals surface area contributed by atoms with Gasteiger partial charge in [0.25, 0.3) is 0 Å². The van der Waals surface area contributed by atoms with Crippen molar-refractivity contribution in [2.75, 3.05) is 31.0 Å². The van der Waals surface area contributed by atoms with Crippen LogP contribution in [0.5, 0.6) is 0 Å². The number of ether oxygens (including phenoxy) is 1. The second-order valence-electron chi connectivity index (χ2n) is 9.50. The topological polar surface area (TPSA) is 94.6 Å². The Morgan fingerprint density at radius 3 is 2.61 bits per heavy atom. The highest BCUT2D eigenvalue weighted by molar-refractivity contribution is 6.63. The number of halogens is 1. The average Bonchev–Trinajstić information content (AvgIpc) is 3.29. The molecular formula is C23H30BClN4O4. The van der Waals surface area contributed by atoms with Gasteiger partial charge in [-0.1, -0.05) is 38.3 Å². The Morgan fingerprint density at radius 1 is 1.24 bits per heavy atom.